The minimum atomic E-state index is -0.338. The fourth-order valence-corrected chi connectivity index (χ4v) is 2.22. The van der Waals surface area contributed by atoms with Gasteiger partial charge in [-0.2, -0.15) is 5.10 Å². The fourth-order valence-electron chi connectivity index (χ4n) is 2.22. The van der Waals surface area contributed by atoms with Crippen LogP contribution >= 0.6 is 0 Å². The lowest BCUT2D eigenvalue weighted by Crippen LogP contribution is -2.24. The van der Waals surface area contributed by atoms with Crippen LogP contribution in [0.1, 0.15) is 10.4 Å². The predicted molar refractivity (Wildman–Crippen MR) is 84.0 cm³/mol. The summed E-state index contributed by atoms with van der Waals surface area (Å²) >= 11 is 0. The first kappa shape index (κ1) is 14.6. The highest BCUT2D eigenvalue weighted by molar-refractivity contribution is 5.97. The second-order valence-electron chi connectivity index (χ2n) is 4.75. The van der Waals surface area contributed by atoms with Crippen LogP contribution in [0.15, 0.2) is 55.0 Å². The molecule has 0 fully saturated rings. The highest BCUT2D eigenvalue weighted by Gasteiger charge is 2.19. The standard InChI is InChI=1S/C17H13FN4O/c1-2-9-19-16(23)15-12-20-22(14-7-5-13(18)6-8-14)17(15)21-10-3-4-11-21/h1,3-8,10-12H,9H2,(H,19,23). The van der Waals surface area contributed by atoms with Crippen molar-refractivity contribution in [3.8, 4) is 23.8 Å². The van der Waals surface area contributed by atoms with E-state index in [1.54, 1.807) is 33.8 Å². The Kier molecular flexibility index (Phi) is 3.93. The number of carbonyl (C=O) groups excluding carboxylic acids is 1. The third-order valence-electron chi connectivity index (χ3n) is 3.26. The molecule has 2 aromatic heterocycles. The SMILES string of the molecule is C#CCNC(=O)c1cnn(-c2ccc(F)cc2)c1-n1cccc1. The topological polar surface area (TPSA) is 51.9 Å². The first-order chi connectivity index (χ1) is 11.2. The number of hydrogen-bond donors (Lipinski definition) is 1. The first-order valence-electron chi connectivity index (χ1n) is 6.89. The number of hydrogen-bond acceptors (Lipinski definition) is 2. The molecule has 3 rings (SSSR count). The number of aromatic nitrogens is 3. The Bertz CT molecular complexity index is 857. The van der Waals surface area contributed by atoms with Gasteiger partial charge in [-0.3, -0.25) is 4.79 Å². The van der Waals surface area contributed by atoms with E-state index in [0.717, 1.165) is 0 Å². The predicted octanol–water partition coefficient (Wildman–Crippen LogP) is 2.17. The van der Waals surface area contributed by atoms with Crippen LogP contribution in [0.3, 0.4) is 0 Å². The zero-order valence-corrected chi connectivity index (χ0v) is 12.1. The molecule has 1 N–H and O–H groups in total. The van der Waals surface area contributed by atoms with Gasteiger partial charge in [0.05, 0.1) is 18.4 Å². The fraction of sp³-hybridized carbons (Fsp3) is 0.0588. The molecular formula is C17H13FN4O. The van der Waals surface area contributed by atoms with Gasteiger partial charge in [-0.05, 0) is 36.4 Å². The summed E-state index contributed by atoms with van der Waals surface area (Å²) in [6.07, 6.45) is 10.2. The van der Waals surface area contributed by atoms with Gasteiger partial charge in [-0.25, -0.2) is 9.07 Å². The number of carbonyl (C=O) groups is 1. The minimum Gasteiger partial charge on any atom is -0.341 e. The zero-order valence-electron chi connectivity index (χ0n) is 12.1. The van der Waals surface area contributed by atoms with E-state index in [9.17, 15) is 9.18 Å². The van der Waals surface area contributed by atoms with Crippen molar-refractivity contribution in [1.29, 1.82) is 0 Å². The van der Waals surface area contributed by atoms with Crippen molar-refractivity contribution >= 4 is 5.91 Å². The van der Waals surface area contributed by atoms with Gasteiger partial charge in [0.25, 0.3) is 5.91 Å². The van der Waals surface area contributed by atoms with Crippen LogP contribution in [0.5, 0.6) is 0 Å². The smallest absolute Gasteiger partial charge is 0.257 e. The number of halogens is 1. The molecule has 0 saturated carbocycles. The molecule has 0 saturated heterocycles. The van der Waals surface area contributed by atoms with E-state index in [-0.39, 0.29) is 18.3 Å². The van der Waals surface area contributed by atoms with Gasteiger partial charge in [-0.1, -0.05) is 5.92 Å². The van der Waals surface area contributed by atoms with Crippen LogP contribution in [0, 0.1) is 18.2 Å². The third kappa shape index (κ3) is 2.85. The summed E-state index contributed by atoms with van der Waals surface area (Å²) in [6.45, 7) is 0.131. The summed E-state index contributed by atoms with van der Waals surface area (Å²) < 4.78 is 16.5. The van der Waals surface area contributed by atoms with Gasteiger partial charge in [0.2, 0.25) is 0 Å². The lowest BCUT2D eigenvalue weighted by atomic mass is 10.2. The van der Waals surface area contributed by atoms with Gasteiger partial charge in [-0.15, -0.1) is 6.42 Å². The van der Waals surface area contributed by atoms with Crippen LogP contribution < -0.4 is 5.32 Å². The van der Waals surface area contributed by atoms with Gasteiger partial charge in [0.15, 0.2) is 5.82 Å². The molecule has 0 radical (unpaired) electrons. The molecule has 0 aliphatic heterocycles. The second-order valence-corrected chi connectivity index (χ2v) is 4.75. The van der Waals surface area contributed by atoms with Crippen molar-refractivity contribution in [1.82, 2.24) is 19.7 Å². The number of amides is 1. The molecule has 3 aromatic rings. The molecule has 1 amide bonds. The minimum absolute atomic E-state index is 0.131. The Morgan fingerprint density at radius 3 is 2.61 bits per heavy atom. The molecule has 5 nitrogen and oxygen atoms in total. The number of nitrogens with zero attached hydrogens (tertiary/aromatic N) is 3. The van der Waals surface area contributed by atoms with Crippen LogP contribution in [-0.2, 0) is 0 Å². The molecule has 2 heterocycles. The van der Waals surface area contributed by atoms with E-state index >= 15 is 0 Å². The quantitative estimate of drug-likeness (QED) is 0.751. The van der Waals surface area contributed by atoms with Crippen molar-refractivity contribution in [3.63, 3.8) is 0 Å². The van der Waals surface area contributed by atoms with Crippen molar-refractivity contribution in [2.24, 2.45) is 0 Å². The van der Waals surface area contributed by atoms with Gasteiger partial charge in [0.1, 0.15) is 11.4 Å². The Morgan fingerprint density at radius 2 is 1.96 bits per heavy atom. The number of benzene rings is 1. The monoisotopic (exact) mass is 308 g/mol. The van der Waals surface area contributed by atoms with Gasteiger partial charge >= 0.3 is 0 Å². The van der Waals surface area contributed by atoms with E-state index < -0.39 is 0 Å². The number of rotatable bonds is 4. The number of nitrogens with one attached hydrogen (secondary N) is 1. The molecule has 0 atom stereocenters. The largest absolute Gasteiger partial charge is 0.341 e. The first-order valence-corrected chi connectivity index (χ1v) is 6.89. The Labute approximate surface area is 132 Å². The van der Waals surface area contributed by atoms with E-state index in [2.05, 4.69) is 16.3 Å². The third-order valence-corrected chi connectivity index (χ3v) is 3.26. The van der Waals surface area contributed by atoms with Crippen LogP contribution in [0.4, 0.5) is 4.39 Å². The molecular weight excluding hydrogens is 295 g/mol. The molecule has 0 aliphatic rings. The Morgan fingerprint density at radius 1 is 1.26 bits per heavy atom. The maximum absolute atomic E-state index is 13.1. The normalized spacial score (nSPS) is 10.3. The Balaban J connectivity index is 2.10. The lowest BCUT2D eigenvalue weighted by molar-refractivity contribution is 0.0958. The highest BCUT2D eigenvalue weighted by Crippen LogP contribution is 2.20. The van der Waals surface area contributed by atoms with Crippen LogP contribution in [-0.4, -0.2) is 26.8 Å². The average molecular weight is 308 g/mol. The van der Waals surface area contributed by atoms with E-state index in [1.807, 2.05) is 12.1 Å². The maximum Gasteiger partial charge on any atom is 0.257 e. The number of terminal acetylenes is 1. The summed E-state index contributed by atoms with van der Waals surface area (Å²) in [6, 6.07) is 9.55. The van der Waals surface area contributed by atoms with E-state index in [0.29, 0.717) is 17.1 Å². The average Bonchev–Trinajstić information content (AvgIpc) is 3.22. The molecule has 6 heteroatoms. The zero-order chi connectivity index (χ0) is 16.2. The summed E-state index contributed by atoms with van der Waals surface area (Å²) in [5.41, 5.74) is 1.02. The van der Waals surface area contributed by atoms with Gasteiger partial charge < -0.3 is 9.88 Å². The molecule has 0 unspecified atom stereocenters. The molecule has 0 spiro atoms. The van der Waals surface area contributed by atoms with Crippen molar-refractivity contribution in [2.75, 3.05) is 6.54 Å². The van der Waals surface area contributed by atoms with Crippen molar-refractivity contribution in [2.45, 2.75) is 0 Å². The molecule has 23 heavy (non-hydrogen) atoms. The maximum atomic E-state index is 13.1. The van der Waals surface area contributed by atoms with Crippen LogP contribution in [0.2, 0.25) is 0 Å². The second kappa shape index (κ2) is 6.20. The molecule has 114 valence electrons. The molecule has 0 bridgehead atoms. The van der Waals surface area contributed by atoms with Crippen molar-refractivity contribution < 1.29 is 9.18 Å². The summed E-state index contributed by atoms with van der Waals surface area (Å²) in [4.78, 5) is 12.3. The molecule has 0 aliphatic carbocycles. The summed E-state index contributed by atoms with van der Waals surface area (Å²) in [5.74, 6) is 2.25. The van der Waals surface area contributed by atoms with E-state index in [4.69, 9.17) is 6.42 Å². The lowest BCUT2D eigenvalue weighted by Gasteiger charge is -2.10. The molecule has 1 aromatic carbocycles. The highest BCUT2D eigenvalue weighted by atomic mass is 19.1. The van der Waals surface area contributed by atoms with Crippen molar-refractivity contribution in [3.05, 3.63) is 66.4 Å². The summed E-state index contributed by atoms with van der Waals surface area (Å²) in [7, 11) is 0. The van der Waals surface area contributed by atoms with Gasteiger partial charge in [0, 0.05) is 12.4 Å². The van der Waals surface area contributed by atoms with Crippen LogP contribution in [0.25, 0.3) is 11.5 Å². The Hall–Kier alpha value is -3.33. The van der Waals surface area contributed by atoms with E-state index in [1.165, 1.54) is 18.3 Å². The summed E-state index contributed by atoms with van der Waals surface area (Å²) in [5, 5.41) is 6.89.